The molecular formula is C20H24N2O5. The monoisotopic (exact) mass is 372 g/mol. The maximum absolute atomic E-state index is 12.9. The van der Waals surface area contributed by atoms with Crippen molar-refractivity contribution < 1.29 is 24.3 Å². The first-order valence-corrected chi connectivity index (χ1v) is 9.39. The summed E-state index contributed by atoms with van der Waals surface area (Å²) in [5, 5.41) is 9.15. The molecule has 2 aliphatic rings. The fourth-order valence-corrected chi connectivity index (χ4v) is 3.27. The molecule has 27 heavy (non-hydrogen) atoms. The number of hydrogen-bond acceptors (Lipinski definition) is 4. The number of hydrogen-bond donors (Lipinski definition) is 1. The number of amides is 3. The Hall–Kier alpha value is -2.70. The lowest BCUT2D eigenvalue weighted by Crippen LogP contribution is -2.38. The van der Waals surface area contributed by atoms with Gasteiger partial charge in [0, 0.05) is 24.7 Å². The van der Waals surface area contributed by atoms with Gasteiger partial charge in [-0.15, -0.1) is 0 Å². The molecule has 1 heterocycles. The molecule has 3 amide bonds. The van der Waals surface area contributed by atoms with E-state index >= 15 is 0 Å². The number of benzene rings is 1. The molecule has 1 N–H and O–H groups in total. The lowest BCUT2D eigenvalue weighted by molar-refractivity contribution is -0.141. The van der Waals surface area contributed by atoms with Gasteiger partial charge in [0.25, 0.3) is 17.7 Å². The standard InChI is InChI=1S/C20H24N2O5/c1-3-4-9-21-18(24)15-8-5-13(10-16(15)19(21)25)17(23)22(14-6-7-14)11-12(2)20(26)27/h5,8,10,12,14H,3-4,6-7,9,11H2,1-2H3,(H,26,27). The van der Waals surface area contributed by atoms with Crippen LogP contribution in [0.5, 0.6) is 0 Å². The number of imide groups is 1. The van der Waals surface area contributed by atoms with Crippen LogP contribution in [0.1, 0.15) is 70.6 Å². The highest BCUT2D eigenvalue weighted by atomic mass is 16.4. The zero-order chi connectivity index (χ0) is 19.7. The Morgan fingerprint density at radius 1 is 1.22 bits per heavy atom. The van der Waals surface area contributed by atoms with Crippen molar-refractivity contribution in [1.29, 1.82) is 0 Å². The summed E-state index contributed by atoms with van der Waals surface area (Å²) >= 11 is 0. The van der Waals surface area contributed by atoms with Crippen LogP contribution in [0.4, 0.5) is 0 Å². The lowest BCUT2D eigenvalue weighted by atomic mass is 10.0. The van der Waals surface area contributed by atoms with E-state index in [2.05, 4.69) is 0 Å². The highest BCUT2D eigenvalue weighted by Gasteiger charge is 2.38. The van der Waals surface area contributed by atoms with E-state index in [4.69, 9.17) is 5.11 Å². The Morgan fingerprint density at radius 2 is 1.89 bits per heavy atom. The molecular weight excluding hydrogens is 348 g/mol. The normalized spacial score (nSPS) is 17.0. The van der Waals surface area contributed by atoms with Crippen molar-refractivity contribution in [2.75, 3.05) is 13.1 Å². The van der Waals surface area contributed by atoms with Crippen LogP contribution in [0.15, 0.2) is 18.2 Å². The number of rotatable bonds is 8. The zero-order valence-corrected chi connectivity index (χ0v) is 15.6. The maximum atomic E-state index is 12.9. The third kappa shape index (κ3) is 3.72. The maximum Gasteiger partial charge on any atom is 0.308 e. The number of carboxylic acid groups (broad SMARTS) is 1. The summed E-state index contributed by atoms with van der Waals surface area (Å²) in [5.74, 6) is -2.59. The number of carbonyl (C=O) groups is 4. The summed E-state index contributed by atoms with van der Waals surface area (Å²) < 4.78 is 0. The van der Waals surface area contributed by atoms with Crippen LogP contribution in [0.2, 0.25) is 0 Å². The van der Waals surface area contributed by atoms with E-state index in [1.165, 1.54) is 17.0 Å². The number of unbranched alkanes of at least 4 members (excludes halogenated alkanes) is 1. The molecule has 1 saturated carbocycles. The van der Waals surface area contributed by atoms with Crippen LogP contribution in [-0.2, 0) is 4.79 Å². The highest BCUT2D eigenvalue weighted by Crippen LogP contribution is 2.30. The molecule has 0 bridgehead atoms. The van der Waals surface area contributed by atoms with Crippen LogP contribution in [0.3, 0.4) is 0 Å². The quantitative estimate of drug-likeness (QED) is 0.707. The summed E-state index contributed by atoms with van der Waals surface area (Å²) in [6.07, 6.45) is 3.31. The van der Waals surface area contributed by atoms with Crippen molar-refractivity contribution in [3.63, 3.8) is 0 Å². The van der Waals surface area contributed by atoms with E-state index in [1.807, 2.05) is 6.92 Å². The van der Waals surface area contributed by atoms with Crippen molar-refractivity contribution >= 4 is 23.7 Å². The van der Waals surface area contributed by atoms with Gasteiger partial charge in [-0.05, 0) is 37.5 Å². The second-order valence-electron chi connectivity index (χ2n) is 7.30. The fourth-order valence-electron chi connectivity index (χ4n) is 3.27. The third-order valence-corrected chi connectivity index (χ3v) is 5.09. The van der Waals surface area contributed by atoms with E-state index in [9.17, 15) is 19.2 Å². The Kier molecular flexibility index (Phi) is 5.30. The lowest BCUT2D eigenvalue weighted by Gasteiger charge is -2.24. The summed E-state index contributed by atoms with van der Waals surface area (Å²) in [6.45, 7) is 4.06. The number of nitrogens with zero attached hydrogens (tertiary/aromatic N) is 2. The molecule has 7 nitrogen and oxygen atoms in total. The van der Waals surface area contributed by atoms with Gasteiger partial charge in [0.1, 0.15) is 0 Å². The summed E-state index contributed by atoms with van der Waals surface area (Å²) in [5.41, 5.74) is 0.894. The predicted molar refractivity (Wildman–Crippen MR) is 97.6 cm³/mol. The van der Waals surface area contributed by atoms with Crippen LogP contribution in [0.25, 0.3) is 0 Å². The number of fused-ring (bicyclic) bond motifs is 1. The third-order valence-electron chi connectivity index (χ3n) is 5.09. The molecule has 144 valence electrons. The molecule has 0 aromatic heterocycles. The van der Waals surface area contributed by atoms with Gasteiger partial charge in [-0.25, -0.2) is 0 Å². The summed E-state index contributed by atoms with van der Waals surface area (Å²) in [6, 6.07) is 4.60. The first kappa shape index (κ1) is 19.1. The van der Waals surface area contributed by atoms with Crippen molar-refractivity contribution in [1.82, 2.24) is 9.80 Å². The van der Waals surface area contributed by atoms with Crippen LogP contribution < -0.4 is 0 Å². The van der Waals surface area contributed by atoms with Crippen LogP contribution >= 0.6 is 0 Å². The average molecular weight is 372 g/mol. The smallest absolute Gasteiger partial charge is 0.308 e. The van der Waals surface area contributed by atoms with Crippen molar-refractivity contribution in [2.24, 2.45) is 5.92 Å². The van der Waals surface area contributed by atoms with Crippen molar-refractivity contribution in [3.8, 4) is 0 Å². The Labute approximate surface area is 157 Å². The van der Waals surface area contributed by atoms with Gasteiger partial charge < -0.3 is 10.0 Å². The first-order valence-electron chi connectivity index (χ1n) is 9.39. The fraction of sp³-hybridized carbons (Fsp3) is 0.500. The van der Waals surface area contributed by atoms with Gasteiger partial charge in [0.05, 0.1) is 17.0 Å². The van der Waals surface area contributed by atoms with Crippen molar-refractivity contribution in [3.05, 3.63) is 34.9 Å². The number of aliphatic carboxylic acids is 1. The minimum atomic E-state index is -0.949. The molecule has 7 heteroatoms. The second kappa shape index (κ2) is 7.50. The summed E-state index contributed by atoms with van der Waals surface area (Å²) in [7, 11) is 0. The minimum Gasteiger partial charge on any atom is -0.481 e. The van der Waals surface area contributed by atoms with Crippen LogP contribution in [0, 0.1) is 5.92 Å². The van der Waals surface area contributed by atoms with Crippen molar-refractivity contribution in [2.45, 2.75) is 45.6 Å². The van der Waals surface area contributed by atoms with Gasteiger partial charge in [-0.1, -0.05) is 20.3 Å². The highest BCUT2D eigenvalue weighted by molar-refractivity contribution is 6.22. The zero-order valence-electron chi connectivity index (χ0n) is 15.6. The van der Waals surface area contributed by atoms with Gasteiger partial charge in [-0.2, -0.15) is 0 Å². The SMILES string of the molecule is CCCCN1C(=O)c2ccc(C(=O)N(CC(C)C(=O)O)C3CC3)cc2C1=O. The molecule has 1 unspecified atom stereocenters. The molecule has 1 aromatic carbocycles. The van der Waals surface area contributed by atoms with E-state index in [0.29, 0.717) is 17.7 Å². The summed E-state index contributed by atoms with van der Waals surface area (Å²) in [4.78, 5) is 51.9. The molecule has 0 saturated heterocycles. The molecule has 1 fully saturated rings. The second-order valence-corrected chi connectivity index (χ2v) is 7.30. The minimum absolute atomic E-state index is 0.0472. The van der Waals surface area contributed by atoms with E-state index < -0.39 is 11.9 Å². The molecule has 1 aromatic rings. The Bertz CT molecular complexity index is 800. The molecule has 0 radical (unpaired) electrons. The molecule has 3 rings (SSSR count). The van der Waals surface area contributed by atoms with Gasteiger partial charge >= 0.3 is 5.97 Å². The van der Waals surface area contributed by atoms with Crippen LogP contribution in [-0.4, -0.2) is 57.7 Å². The topological polar surface area (TPSA) is 95.0 Å². The molecule has 1 aliphatic heterocycles. The molecule has 0 spiro atoms. The number of carboxylic acids is 1. The van der Waals surface area contributed by atoms with Gasteiger partial charge in [-0.3, -0.25) is 24.1 Å². The molecule has 1 atom stereocenters. The van der Waals surface area contributed by atoms with E-state index in [-0.39, 0.29) is 35.9 Å². The largest absolute Gasteiger partial charge is 0.481 e. The first-order chi connectivity index (χ1) is 12.8. The van der Waals surface area contributed by atoms with E-state index in [0.717, 1.165) is 25.7 Å². The van der Waals surface area contributed by atoms with Gasteiger partial charge in [0.15, 0.2) is 0 Å². The predicted octanol–water partition coefficient (Wildman–Crippen LogP) is 2.41. The molecule has 1 aliphatic carbocycles. The average Bonchev–Trinajstić information content (AvgIpc) is 3.46. The number of carbonyl (C=O) groups excluding carboxylic acids is 3. The Balaban J connectivity index is 1.83. The Morgan fingerprint density at radius 3 is 2.48 bits per heavy atom. The van der Waals surface area contributed by atoms with Gasteiger partial charge in [0.2, 0.25) is 0 Å². The van der Waals surface area contributed by atoms with E-state index in [1.54, 1.807) is 17.9 Å².